The van der Waals surface area contributed by atoms with E-state index in [0.29, 0.717) is 24.1 Å². The Bertz CT molecular complexity index is 626. The van der Waals surface area contributed by atoms with Gasteiger partial charge >= 0.3 is 0 Å². The first-order valence-electron chi connectivity index (χ1n) is 5.66. The van der Waals surface area contributed by atoms with E-state index in [1.165, 1.54) is 36.8 Å². The van der Waals surface area contributed by atoms with Crippen LogP contribution in [-0.4, -0.2) is 36.8 Å². The average Bonchev–Trinajstić information content (AvgIpc) is 2.88. The van der Waals surface area contributed by atoms with Crippen LogP contribution in [0.4, 0.5) is 5.69 Å². The van der Waals surface area contributed by atoms with Gasteiger partial charge in [-0.1, -0.05) is 0 Å². The number of ether oxygens (including phenoxy) is 1. The Morgan fingerprint density at radius 2 is 2.10 bits per heavy atom. The SMILES string of the molecule is C[S@@](=O)c1nncn1CCOc1ccc([N+](=O)[O-])cc1. The molecule has 0 aliphatic heterocycles. The fourth-order valence-electron chi connectivity index (χ4n) is 1.55. The van der Waals surface area contributed by atoms with Gasteiger partial charge in [0, 0.05) is 18.4 Å². The molecule has 0 spiro atoms. The van der Waals surface area contributed by atoms with Crippen molar-refractivity contribution in [3.8, 4) is 5.75 Å². The van der Waals surface area contributed by atoms with Crippen LogP contribution >= 0.6 is 0 Å². The Morgan fingerprint density at radius 3 is 2.70 bits per heavy atom. The predicted molar refractivity (Wildman–Crippen MR) is 70.9 cm³/mol. The van der Waals surface area contributed by atoms with Crippen LogP contribution in [0.3, 0.4) is 0 Å². The molecular formula is C11H12N4O4S. The minimum Gasteiger partial charge on any atom is -0.492 e. The van der Waals surface area contributed by atoms with Crippen LogP contribution in [0, 0.1) is 10.1 Å². The Balaban J connectivity index is 1.91. The molecule has 0 amide bonds. The molecule has 0 aliphatic rings. The number of benzene rings is 1. The molecule has 1 aromatic carbocycles. The second-order valence-corrected chi connectivity index (χ2v) is 5.13. The standard InChI is InChI=1S/C11H12N4O4S/c1-20(18)11-13-12-8-14(11)6-7-19-10-4-2-9(3-5-10)15(16)17/h2-5,8H,6-7H2,1H3/t20-/m1/s1. The number of aromatic nitrogens is 3. The fourth-order valence-corrected chi connectivity index (χ4v) is 2.18. The lowest BCUT2D eigenvalue weighted by atomic mass is 10.3. The van der Waals surface area contributed by atoms with Crippen LogP contribution < -0.4 is 4.74 Å². The lowest BCUT2D eigenvalue weighted by molar-refractivity contribution is -0.384. The van der Waals surface area contributed by atoms with E-state index in [1.807, 2.05) is 0 Å². The van der Waals surface area contributed by atoms with Gasteiger partial charge < -0.3 is 9.30 Å². The fraction of sp³-hybridized carbons (Fsp3) is 0.273. The molecule has 106 valence electrons. The zero-order valence-electron chi connectivity index (χ0n) is 10.6. The molecule has 0 radical (unpaired) electrons. The van der Waals surface area contributed by atoms with Crippen molar-refractivity contribution in [2.45, 2.75) is 11.7 Å². The van der Waals surface area contributed by atoms with Gasteiger partial charge in [-0.3, -0.25) is 14.3 Å². The van der Waals surface area contributed by atoms with Crippen molar-refractivity contribution >= 4 is 16.5 Å². The number of nitro benzene ring substituents is 1. The van der Waals surface area contributed by atoms with Crippen molar-refractivity contribution in [1.29, 1.82) is 0 Å². The van der Waals surface area contributed by atoms with E-state index in [1.54, 1.807) is 4.57 Å². The zero-order valence-corrected chi connectivity index (χ0v) is 11.4. The van der Waals surface area contributed by atoms with Crippen LogP contribution in [0.25, 0.3) is 0 Å². The Morgan fingerprint density at radius 1 is 1.40 bits per heavy atom. The Labute approximate surface area is 117 Å². The number of nitrogens with zero attached hydrogens (tertiary/aromatic N) is 4. The van der Waals surface area contributed by atoms with Gasteiger partial charge in [-0.2, -0.15) is 0 Å². The Kier molecular flexibility index (Phi) is 4.41. The summed E-state index contributed by atoms with van der Waals surface area (Å²) in [5, 5.41) is 18.3. The van der Waals surface area contributed by atoms with Crippen LogP contribution in [0.15, 0.2) is 35.7 Å². The maximum absolute atomic E-state index is 11.3. The number of nitro groups is 1. The van der Waals surface area contributed by atoms with Crippen molar-refractivity contribution in [3.63, 3.8) is 0 Å². The molecular weight excluding hydrogens is 284 g/mol. The monoisotopic (exact) mass is 296 g/mol. The van der Waals surface area contributed by atoms with Gasteiger partial charge in [-0.05, 0) is 12.1 Å². The highest BCUT2D eigenvalue weighted by atomic mass is 32.2. The van der Waals surface area contributed by atoms with Gasteiger partial charge in [-0.25, -0.2) is 0 Å². The molecule has 1 aromatic heterocycles. The molecule has 9 heteroatoms. The summed E-state index contributed by atoms with van der Waals surface area (Å²) in [6.45, 7) is 0.763. The van der Waals surface area contributed by atoms with Gasteiger partial charge in [0.15, 0.2) is 0 Å². The van der Waals surface area contributed by atoms with Crippen LogP contribution in [0.5, 0.6) is 5.75 Å². The molecule has 0 fully saturated rings. The van der Waals surface area contributed by atoms with E-state index in [2.05, 4.69) is 10.2 Å². The number of hydrogen-bond donors (Lipinski definition) is 0. The summed E-state index contributed by atoms with van der Waals surface area (Å²) in [4.78, 5) is 10.0. The van der Waals surface area contributed by atoms with Gasteiger partial charge in [0.1, 0.15) is 18.7 Å². The molecule has 0 bridgehead atoms. The zero-order chi connectivity index (χ0) is 14.5. The summed E-state index contributed by atoms with van der Waals surface area (Å²) in [5.41, 5.74) is 0.0137. The maximum Gasteiger partial charge on any atom is 0.269 e. The second-order valence-electron chi connectivity index (χ2n) is 3.86. The van der Waals surface area contributed by atoms with Crippen molar-refractivity contribution in [2.24, 2.45) is 0 Å². The predicted octanol–water partition coefficient (Wildman–Crippen LogP) is 1.00. The quantitative estimate of drug-likeness (QED) is 0.582. The third kappa shape index (κ3) is 3.38. The molecule has 2 rings (SSSR count). The van der Waals surface area contributed by atoms with E-state index in [-0.39, 0.29) is 5.69 Å². The van der Waals surface area contributed by atoms with Crippen LogP contribution in [-0.2, 0) is 17.3 Å². The normalized spacial score (nSPS) is 12.1. The molecule has 0 unspecified atom stereocenters. The summed E-state index contributed by atoms with van der Waals surface area (Å²) in [5.74, 6) is 0.530. The van der Waals surface area contributed by atoms with Gasteiger partial charge in [-0.15, -0.1) is 10.2 Å². The third-order valence-electron chi connectivity index (χ3n) is 2.49. The minimum atomic E-state index is -1.21. The van der Waals surface area contributed by atoms with Crippen molar-refractivity contribution in [3.05, 3.63) is 40.7 Å². The third-order valence-corrected chi connectivity index (χ3v) is 3.32. The molecule has 0 saturated carbocycles. The molecule has 1 atom stereocenters. The number of non-ortho nitro benzene ring substituents is 1. The average molecular weight is 296 g/mol. The van der Waals surface area contributed by atoms with Gasteiger partial charge in [0.25, 0.3) is 5.69 Å². The van der Waals surface area contributed by atoms with Crippen molar-refractivity contribution < 1.29 is 13.9 Å². The van der Waals surface area contributed by atoms with Crippen molar-refractivity contribution in [1.82, 2.24) is 14.8 Å². The molecule has 0 N–H and O–H groups in total. The highest BCUT2D eigenvalue weighted by Crippen LogP contribution is 2.17. The minimum absolute atomic E-state index is 0.0137. The highest BCUT2D eigenvalue weighted by Gasteiger charge is 2.08. The molecule has 8 nitrogen and oxygen atoms in total. The Hall–Kier alpha value is -2.29. The summed E-state index contributed by atoms with van der Waals surface area (Å²) in [6, 6.07) is 5.81. The maximum atomic E-state index is 11.3. The highest BCUT2D eigenvalue weighted by molar-refractivity contribution is 7.84. The molecule has 2 aromatic rings. The largest absolute Gasteiger partial charge is 0.492 e. The summed E-state index contributed by atoms with van der Waals surface area (Å²) in [7, 11) is -1.21. The molecule has 20 heavy (non-hydrogen) atoms. The van der Waals surface area contributed by atoms with E-state index < -0.39 is 15.7 Å². The first kappa shape index (κ1) is 14.1. The molecule has 0 aliphatic carbocycles. The molecule has 0 saturated heterocycles. The number of hydrogen-bond acceptors (Lipinski definition) is 6. The van der Waals surface area contributed by atoms with Crippen molar-refractivity contribution in [2.75, 3.05) is 12.9 Å². The van der Waals surface area contributed by atoms with E-state index >= 15 is 0 Å². The summed E-state index contributed by atoms with van der Waals surface area (Å²) < 4.78 is 18.4. The number of rotatable bonds is 6. The van der Waals surface area contributed by atoms with Gasteiger partial charge in [0.2, 0.25) is 5.16 Å². The first-order valence-corrected chi connectivity index (χ1v) is 7.22. The smallest absolute Gasteiger partial charge is 0.269 e. The summed E-state index contributed by atoms with van der Waals surface area (Å²) in [6.07, 6.45) is 3.01. The topological polar surface area (TPSA) is 100 Å². The van der Waals surface area contributed by atoms with E-state index in [9.17, 15) is 14.3 Å². The van der Waals surface area contributed by atoms with Gasteiger partial charge in [0.05, 0.1) is 22.3 Å². The molecule has 1 heterocycles. The second kappa shape index (κ2) is 6.24. The van der Waals surface area contributed by atoms with Crippen LogP contribution in [0.1, 0.15) is 0 Å². The lowest BCUT2D eigenvalue weighted by Crippen LogP contribution is -2.11. The first-order chi connectivity index (χ1) is 9.58. The van der Waals surface area contributed by atoms with E-state index in [4.69, 9.17) is 4.74 Å². The summed E-state index contributed by atoms with van der Waals surface area (Å²) >= 11 is 0. The van der Waals surface area contributed by atoms with Crippen LogP contribution in [0.2, 0.25) is 0 Å². The van der Waals surface area contributed by atoms with E-state index in [0.717, 1.165) is 0 Å². The lowest BCUT2D eigenvalue weighted by Gasteiger charge is -2.07.